The van der Waals surface area contributed by atoms with Crippen LogP contribution in [0.25, 0.3) is 0 Å². The van der Waals surface area contributed by atoms with Crippen LogP contribution in [0.15, 0.2) is 30.3 Å². The van der Waals surface area contributed by atoms with Crippen LogP contribution in [-0.4, -0.2) is 85.8 Å². The van der Waals surface area contributed by atoms with E-state index in [0.717, 1.165) is 18.7 Å². The van der Waals surface area contributed by atoms with Crippen LogP contribution in [0.1, 0.15) is 11.9 Å². The highest BCUT2D eigenvalue weighted by molar-refractivity contribution is 6.19. The molecule has 1 heterocycles. The average molecular weight is 472 g/mol. The van der Waals surface area contributed by atoms with E-state index in [2.05, 4.69) is 9.80 Å². The third kappa shape index (κ3) is 5.67. The monoisotopic (exact) mass is 470 g/mol. The Bertz CT molecular complexity index is 536. The summed E-state index contributed by atoms with van der Waals surface area (Å²) in [5, 5.41) is 0. The highest BCUT2D eigenvalue weighted by Gasteiger charge is 2.51. The van der Waals surface area contributed by atoms with Crippen LogP contribution in [0.5, 0.6) is 0 Å². The van der Waals surface area contributed by atoms with E-state index in [1.807, 2.05) is 44.4 Å². The number of hydrogen-bond acceptors (Lipinski definition) is 4. The summed E-state index contributed by atoms with van der Waals surface area (Å²) in [6.45, 7) is 2.41. The lowest BCUT2D eigenvalue weighted by atomic mass is 9.74. The summed E-state index contributed by atoms with van der Waals surface area (Å²) in [7, 11) is 4.07. The van der Waals surface area contributed by atoms with Crippen molar-refractivity contribution in [3.63, 3.8) is 0 Å². The van der Waals surface area contributed by atoms with Gasteiger partial charge in [-0.25, -0.2) is 0 Å². The summed E-state index contributed by atoms with van der Waals surface area (Å²) in [5.41, 5.74) is 0.598. The second-order valence-corrected chi connectivity index (χ2v) is 8.65. The lowest BCUT2D eigenvalue weighted by Crippen LogP contribution is -2.65. The van der Waals surface area contributed by atoms with Crippen molar-refractivity contribution in [2.45, 2.75) is 18.4 Å². The van der Waals surface area contributed by atoms with Crippen molar-refractivity contribution < 1.29 is 9.47 Å². The number of halogens is 4. The Hall–Kier alpha value is 0.220. The fourth-order valence-corrected chi connectivity index (χ4v) is 5.58. The van der Waals surface area contributed by atoms with Gasteiger partial charge < -0.3 is 19.3 Å². The molecule has 0 radical (unpaired) electrons. The maximum absolute atomic E-state index is 6.47. The molecule has 28 heavy (non-hydrogen) atoms. The SMILES string of the molecule is CN(CCCl)C(CCl)C1(C(CCl)N(C)CCCl)COC(c2ccccc2)OC1. The van der Waals surface area contributed by atoms with E-state index < -0.39 is 11.7 Å². The van der Waals surface area contributed by atoms with E-state index in [1.165, 1.54) is 0 Å². The molecule has 160 valence electrons. The molecule has 0 aliphatic carbocycles. The first kappa shape index (κ1) is 24.5. The molecule has 0 saturated carbocycles. The van der Waals surface area contributed by atoms with Gasteiger partial charge in [-0.1, -0.05) is 30.3 Å². The van der Waals surface area contributed by atoms with Crippen LogP contribution in [0.4, 0.5) is 0 Å². The molecule has 1 aromatic rings. The molecule has 4 nitrogen and oxygen atoms in total. The number of rotatable bonds is 11. The molecule has 2 rings (SSSR count). The standard InChI is InChI=1S/C20H30Cl4N2O2/c1-25(10-8-21)17(12-23)20(18(13-24)26(2)11-9-22)14-27-19(28-15-20)16-6-4-3-5-7-16/h3-7,17-19H,8-15H2,1-2H3. The van der Waals surface area contributed by atoms with E-state index in [-0.39, 0.29) is 12.1 Å². The molecular weight excluding hydrogens is 442 g/mol. The summed E-state index contributed by atoms with van der Waals surface area (Å²) < 4.78 is 12.5. The van der Waals surface area contributed by atoms with E-state index >= 15 is 0 Å². The minimum absolute atomic E-state index is 0.00818. The Labute approximate surface area is 188 Å². The predicted molar refractivity (Wildman–Crippen MR) is 119 cm³/mol. The molecule has 1 aliphatic heterocycles. The average Bonchev–Trinajstić information content (AvgIpc) is 2.71. The lowest BCUT2D eigenvalue weighted by Gasteiger charge is -2.53. The molecule has 2 atom stereocenters. The van der Waals surface area contributed by atoms with Crippen molar-refractivity contribution >= 4 is 46.4 Å². The minimum atomic E-state index is -0.406. The van der Waals surface area contributed by atoms with Crippen LogP contribution in [0, 0.1) is 5.41 Å². The topological polar surface area (TPSA) is 24.9 Å². The zero-order valence-electron chi connectivity index (χ0n) is 16.5. The summed E-state index contributed by atoms with van der Waals surface area (Å²) in [5.74, 6) is 1.91. The summed E-state index contributed by atoms with van der Waals surface area (Å²) >= 11 is 25.0. The van der Waals surface area contributed by atoms with Crippen molar-refractivity contribution in [2.75, 3.05) is 63.9 Å². The fraction of sp³-hybridized carbons (Fsp3) is 0.700. The number of alkyl halides is 4. The normalized spacial score (nSPS) is 25.2. The van der Waals surface area contributed by atoms with Crippen LogP contribution in [-0.2, 0) is 9.47 Å². The summed E-state index contributed by atoms with van der Waals surface area (Å²) in [4.78, 5) is 4.37. The van der Waals surface area contributed by atoms with Crippen molar-refractivity contribution in [1.29, 1.82) is 0 Å². The zero-order chi connectivity index (χ0) is 20.6. The van der Waals surface area contributed by atoms with Gasteiger partial charge in [-0.15, -0.1) is 46.4 Å². The lowest BCUT2D eigenvalue weighted by molar-refractivity contribution is -0.257. The van der Waals surface area contributed by atoms with E-state index in [4.69, 9.17) is 55.9 Å². The second-order valence-electron chi connectivity index (χ2n) is 7.28. The summed E-state index contributed by atoms with van der Waals surface area (Å²) in [6, 6.07) is 9.94. The maximum Gasteiger partial charge on any atom is 0.183 e. The molecule has 0 bridgehead atoms. The first-order valence-corrected chi connectivity index (χ1v) is 11.6. The van der Waals surface area contributed by atoms with Crippen molar-refractivity contribution in [3.05, 3.63) is 35.9 Å². The Morgan fingerprint density at radius 3 is 1.75 bits per heavy atom. The van der Waals surface area contributed by atoms with Gasteiger partial charge >= 0.3 is 0 Å². The Morgan fingerprint density at radius 1 is 0.893 bits per heavy atom. The molecule has 0 N–H and O–H groups in total. The molecule has 2 unspecified atom stereocenters. The largest absolute Gasteiger partial charge is 0.348 e. The van der Waals surface area contributed by atoms with Gasteiger partial charge in [0.1, 0.15) is 0 Å². The molecule has 0 amide bonds. The summed E-state index contributed by atoms with van der Waals surface area (Å²) in [6.07, 6.45) is -0.391. The molecule has 0 aromatic heterocycles. The second kappa shape index (κ2) is 12.2. The Kier molecular flexibility index (Phi) is 10.6. The van der Waals surface area contributed by atoms with Gasteiger partial charge in [0.15, 0.2) is 6.29 Å². The quantitative estimate of drug-likeness (QED) is 0.450. The zero-order valence-corrected chi connectivity index (χ0v) is 19.5. The van der Waals surface area contributed by atoms with Crippen LogP contribution >= 0.6 is 46.4 Å². The van der Waals surface area contributed by atoms with Gasteiger partial charge in [0.25, 0.3) is 0 Å². The van der Waals surface area contributed by atoms with E-state index in [9.17, 15) is 0 Å². The molecule has 0 spiro atoms. The van der Waals surface area contributed by atoms with Gasteiger partial charge in [-0.3, -0.25) is 0 Å². The highest BCUT2D eigenvalue weighted by Crippen LogP contribution is 2.41. The predicted octanol–water partition coefficient (Wildman–Crippen LogP) is 4.27. The number of hydrogen-bond donors (Lipinski definition) is 0. The third-order valence-electron chi connectivity index (χ3n) is 5.64. The molecule has 1 fully saturated rings. The van der Waals surface area contributed by atoms with E-state index in [0.29, 0.717) is 36.7 Å². The first-order chi connectivity index (χ1) is 13.5. The molecule has 8 heteroatoms. The highest BCUT2D eigenvalue weighted by atomic mass is 35.5. The fourth-order valence-electron chi connectivity index (χ4n) is 3.96. The number of nitrogens with zero attached hydrogens (tertiary/aromatic N) is 2. The van der Waals surface area contributed by atoms with Crippen LogP contribution in [0.2, 0.25) is 0 Å². The van der Waals surface area contributed by atoms with Gasteiger partial charge in [-0.2, -0.15) is 0 Å². The molecule has 1 saturated heterocycles. The molecule has 1 aromatic carbocycles. The third-order valence-corrected chi connectivity index (χ3v) is 6.56. The molecular formula is C20H30Cl4N2O2. The minimum Gasteiger partial charge on any atom is -0.348 e. The van der Waals surface area contributed by atoms with E-state index in [1.54, 1.807) is 0 Å². The van der Waals surface area contributed by atoms with Gasteiger partial charge in [-0.05, 0) is 14.1 Å². The first-order valence-electron chi connectivity index (χ1n) is 9.46. The smallest absolute Gasteiger partial charge is 0.183 e. The van der Waals surface area contributed by atoms with Crippen LogP contribution in [0.3, 0.4) is 0 Å². The van der Waals surface area contributed by atoms with Crippen molar-refractivity contribution in [2.24, 2.45) is 5.41 Å². The van der Waals surface area contributed by atoms with Crippen molar-refractivity contribution in [1.82, 2.24) is 9.80 Å². The van der Waals surface area contributed by atoms with Gasteiger partial charge in [0.05, 0.1) is 18.6 Å². The molecule has 1 aliphatic rings. The number of ether oxygens (including phenoxy) is 2. The van der Waals surface area contributed by atoms with Crippen LogP contribution < -0.4 is 0 Å². The van der Waals surface area contributed by atoms with Crippen molar-refractivity contribution in [3.8, 4) is 0 Å². The van der Waals surface area contributed by atoms with Gasteiger partial charge in [0, 0.05) is 54.3 Å². The number of benzene rings is 1. The Balaban J connectivity index is 2.31. The van der Waals surface area contributed by atoms with Gasteiger partial charge in [0.2, 0.25) is 0 Å². The maximum atomic E-state index is 6.47. The Morgan fingerprint density at radius 2 is 1.36 bits per heavy atom.